The highest BCUT2D eigenvalue weighted by Crippen LogP contribution is 2.20. The molecule has 0 saturated carbocycles. The van der Waals surface area contributed by atoms with Gasteiger partial charge in [-0.2, -0.15) is 9.97 Å². The van der Waals surface area contributed by atoms with Crippen molar-refractivity contribution in [3.05, 3.63) is 28.6 Å². The summed E-state index contributed by atoms with van der Waals surface area (Å²) >= 11 is 0. The highest BCUT2D eigenvalue weighted by atomic mass is 16.3. The third-order valence-electron chi connectivity index (χ3n) is 1.99. The van der Waals surface area contributed by atoms with Crippen molar-refractivity contribution in [3.63, 3.8) is 0 Å². The zero-order valence-electron chi connectivity index (χ0n) is 8.15. The van der Waals surface area contributed by atoms with Gasteiger partial charge >= 0.3 is 5.69 Å². The van der Waals surface area contributed by atoms with Crippen molar-refractivity contribution in [2.45, 2.75) is 13.3 Å². The van der Waals surface area contributed by atoms with Crippen molar-refractivity contribution >= 4 is 5.95 Å². The summed E-state index contributed by atoms with van der Waals surface area (Å²) in [5, 5.41) is 0. The Morgan fingerprint density at radius 1 is 1.53 bits per heavy atom. The Balaban J connectivity index is 2.58. The molecule has 2 aromatic heterocycles. The minimum atomic E-state index is -0.513. The van der Waals surface area contributed by atoms with Gasteiger partial charge in [0.05, 0.1) is 11.8 Å². The third kappa shape index (κ3) is 1.74. The normalized spacial score (nSPS) is 10.5. The lowest BCUT2D eigenvalue weighted by molar-refractivity contribution is 0.517. The molecule has 2 aromatic rings. The van der Waals surface area contributed by atoms with Gasteiger partial charge in [-0.15, -0.1) is 0 Å². The van der Waals surface area contributed by atoms with Gasteiger partial charge in [-0.05, 0) is 6.07 Å². The van der Waals surface area contributed by atoms with Crippen LogP contribution in [0.25, 0.3) is 11.4 Å². The van der Waals surface area contributed by atoms with Gasteiger partial charge in [0, 0.05) is 6.42 Å². The monoisotopic (exact) mass is 206 g/mol. The maximum atomic E-state index is 11.1. The molecule has 3 N–H and O–H groups in total. The molecule has 0 unspecified atom stereocenters. The number of nitrogens with one attached hydrogen (secondary N) is 1. The summed E-state index contributed by atoms with van der Waals surface area (Å²) < 4.78 is 5.22. The van der Waals surface area contributed by atoms with E-state index < -0.39 is 5.69 Å². The second kappa shape index (κ2) is 3.56. The number of nitrogen functional groups attached to an aromatic ring is 1. The molecule has 0 aromatic carbocycles. The third-order valence-corrected chi connectivity index (χ3v) is 1.99. The summed E-state index contributed by atoms with van der Waals surface area (Å²) in [5.74, 6) is 1.10. The Morgan fingerprint density at radius 2 is 2.33 bits per heavy atom. The lowest BCUT2D eigenvalue weighted by Crippen LogP contribution is -2.15. The second-order valence-corrected chi connectivity index (χ2v) is 2.97. The number of anilines is 1. The van der Waals surface area contributed by atoms with Crippen LogP contribution in [0.2, 0.25) is 0 Å². The summed E-state index contributed by atoms with van der Waals surface area (Å²) in [6, 6.07) is 1.73. The average molecular weight is 206 g/mol. The molecule has 78 valence electrons. The molecule has 0 aliphatic rings. The predicted octanol–water partition coefficient (Wildman–Crippen LogP) is 0.570. The fourth-order valence-corrected chi connectivity index (χ4v) is 1.35. The second-order valence-electron chi connectivity index (χ2n) is 2.97. The van der Waals surface area contributed by atoms with Crippen LogP contribution in [0.5, 0.6) is 0 Å². The van der Waals surface area contributed by atoms with E-state index in [2.05, 4.69) is 15.0 Å². The predicted molar refractivity (Wildman–Crippen MR) is 54.1 cm³/mol. The number of hydrogen-bond donors (Lipinski definition) is 2. The quantitative estimate of drug-likeness (QED) is 0.748. The van der Waals surface area contributed by atoms with Gasteiger partial charge in [-0.25, -0.2) is 4.79 Å². The molecular formula is C9H10N4O2. The Labute approximate surface area is 85.2 Å². The van der Waals surface area contributed by atoms with Crippen molar-refractivity contribution in [1.82, 2.24) is 15.0 Å². The van der Waals surface area contributed by atoms with Crippen LogP contribution in [0.1, 0.15) is 12.7 Å². The van der Waals surface area contributed by atoms with Crippen molar-refractivity contribution in [2.75, 3.05) is 5.73 Å². The largest absolute Gasteiger partial charge is 0.469 e. The van der Waals surface area contributed by atoms with Gasteiger partial charge in [-0.1, -0.05) is 6.92 Å². The molecule has 2 rings (SSSR count). The molecule has 0 bridgehead atoms. The number of nitrogens with zero attached hydrogens (tertiary/aromatic N) is 2. The number of furan rings is 1. The molecule has 0 spiro atoms. The zero-order chi connectivity index (χ0) is 10.8. The SMILES string of the molecule is CCc1occc1-c1nc(N)nc(=O)[nH]1. The van der Waals surface area contributed by atoms with Crippen molar-refractivity contribution in [3.8, 4) is 11.4 Å². The van der Waals surface area contributed by atoms with E-state index in [-0.39, 0.29) is 5.95 Å². The Bertz CT molecular complexity index is 529. The first kappa shape index (κ1) is 9.45. The Hall–Kier alpha value is -2.11. The maximum Gasteiger partial charge on any atom is 0.349 e. The van der Waals surface area contributed by atoms with E-state index in [4.69, 9.17) is 10.2 Å². The molecule has 0 saturated heterocycles. The van der Waals surface area contributed by atoms with Crippen LogP contribution in [-0.2, 0) is 6.42 Å². The average Bonchev–Trinajstić information content (AvgIpc) is 2.63. The fourth-order valence-electron chi connectivity index (χ4n) is 1.35. The van der Waals surface area contributed by atoms with Crippen molar-refractivity contribution < 1.29 is 4.42 Å². The van der Waals surface area contributed by atoms with Gasteiger partial charge in [0.2, 0.25) is 5.95 Å². The Morgan fingerprint density at radius 3 is 3.00 bits per heavy atom. The molecule has 6 heteroatoms. The summed E-state index contributed by atoms with van der Waals surface area (Å²) in [5.41, 5.74) is 5.61. The molecule has 0 aliphatic heterocycles. The van der Waals surface area contributed by atoms with Crippen molar-refractivity contribution in [2.24, 2.45) is 0 Å². The van der Waals surface area contributed by atoms with E-state index in [1.54, 1.807) is 12.3 Å². The van der Waals surface area contributed by atoms with Crippen LogP contribution in [0, 0.1) is 0 Å². The molecule has 0 atom stereocenters. The topological polar surface area (TPSA) is 97.8 Å². The molecule has 0 radical (unpaired) electrons. The van der Waals surface area contributed by atoms with Crippen LogP contribution in [0.3, 0.4) is 0 Å². The number of aromatic nitrogens is 3. The lowest BCUT2D eigenvalue weighted by atomic mass is 10.2. The minimum Gasteiger partial charge on any atom is -0.469 e. The lowest BCUT2D eigenvalue weighted by Gasteiger charge is -1.99. The molecule has 0 fully saturated rings. The Kier molecular flexibility index (Phi) is 2.24. The van der Waals surface area contributed by atoms with Gasteiger partial charge < -0.3 is 10.2 Å². The maximum absolute atomic E-state index is 11.1. The fraction of sp³-hybridized carbons (Fsp3) is 0.222. The summed E-state index contributed by atoms with van der Waals surface area (Å²) in [7, 11) is 0. The van der Waals surface area contributed by atoms with E-state index in [9.17, 15) is 4.79 Å². The summed E-state index contributed by atoms with van der Waals surface area (Å²) in [6.07, 6.45) is 2.26. The number of hydrogen-bond acceptors (Lipinski definition) is 5. The van der Waals surface area contributed by atoms with Crippen LogP contribution in [0.4, 0.5) is 5.95 Å². The van der Waals surface area contributed by atoms with Gasteiger partial charge in [-0.3, -0.25) is 4.98 Å². The van der Waals surface area contributed by atoms with E-state index in [0.717, 1.165) is 11.3 Å². The van der Waals surface area contributed by atoms with Crippen LogP contribution in [0.15, 0.2) is 21.5 Å². The molecule has 0 amide bonds. The van der Waals surface area contributed by atoms with Gasteiger partial charge in [0.1, 0.15) is 11.6 Å². The summed E-state index contributed by atoms with van der Waals surface area (Å²) in [4.78, 5) is 21.0. The smallest absolute Gasteiger partial charge is 0.349 e. The van der Waals surface area contributed by atoms with Gasteiger partial charge in [0.15, 0.2) is 0 Å². The number of rotatable bonds is 2. The number of aryl methyl sites for hydroxylation is 1. The van der Waals surface area contributed by atoms with Gasteiger partial charge in [0.25, 0.3) is 0 Å². The number of H-pyrrole nitrogens is 1. The van der Waals surface area contributed by atoms with E-state index in [0.29, 0.717) is 12.2 Å². The molecule has 0 aliphatic carbocycles. The highest BCUT2D eigenvalue weighted by Gasteiger charge is 2.10. The first-order chi connectivity index (χ1) is 7.20. The van der Waals surface area contributed by atoms with Crippen molar-refractivity contribution in [1.29, 1.82) is 0 Å². The zero-order valence-corrected chi connectivity index (χ0v) is 8.15. The number of aromatic amines is 1. The number of nitrogens with two attached hydrogens (primary N) is 1. The molecule has 6 nitrogen and oxygen atoms in total. The summed E-state index contributed by atoms with van der Waals surface area (Å²) in [6.45, 7) is 1.95. The van der Waals surface area contributed by atoms with E-state index in [1.807, 2.05) is 6.92 Å². The minimum absolute atomic E-state index is 0.0444. The molecule has 2 heterocycles. The van der Waals surface area contributed by atoms with Crippen LogP contribution in [-0.4, -0.2) is 15.0 Å². The first-order valence-corrected chi connectivity index (χ1v) is 4.51. The first-order valence-electron chi connectivity index (χ1n) is 4.51. The molecular weight excluding hydrogens is 196 g/mol. The van der Waals surface area contributed by atoms with Crippen LogP contribution >= 0.6 is 0 Å². The highest BCUT2D eigenvalue weighted by molar-refractivity contribution is 5.57. The van der Waals surface area contributed by atoms with E-state index in [1.165, 1.54) is 0 Å². The standard InChI is InChI=1S/C9H10N4O2/c1-2-6-5(3-4-15-6)7-11-8(10)13-9(14)12-7/h3-4H,2H2,1H3,(H3,10,11,12,13,14). The molecule has 15 heavy (non-hydrogen) atoms. The van der Waals surface area contributed by atoms with Crippen LogP contribution < -0.4 is 11.4 Å². The van der Waals surface area contributed by atoms with E-state index >= 15 is 0 Å².